The third kappa shape index (κ3) is 5.08. The fourth-order valence-electron chi connectivity index (χ4n) is 3.26. The number of hydrogen-bond donors (Lipinski definition) is 1. The molecule has 1 saturated heterocycles. The van der Waals surface area contributed by atoms with Crippen LogP contribution in [-0.2, 0) is 23.1 Å². The summed E-state index contributed by atoms with van der Waals surface area (Å²) in [5.41, 5.74) is 1.87. The molecule has 0 saturated carbocycles. The quantitative estimate of drug-likeness (QED) is 0.826. The predicted octanol–water partition coefficient (Wildman–Crippen LogP) is 1.02. The molecule has 7 nitrogen and oxygen atoms in total. The van der Waals surface area contributed by atoms with Crippen LogP contribution in [0.5, 0.6) is 0 Å². The molecule has 1 N–H and O–H groups in total. The number of piperazine rings is 1. The number of nitrogens with one attached hydrogen (secondary N) is 1. The zero-order valence-corrected chi connectivity index (χ0v) is 16.5. The van der Waals surface area contributed by atoms with Crippen LogP contribution in [0.25, 0.3) is 0 Å². The molecule has 1 aromatic heterocycles. The molecule has 1 aromatic carbocycles. The summed E-state index contributed by atoms with van der Waals surface area (Å²) in [6, 6.07) is 9.34. The van der Waals surface area contributed by atoms with Gasteiger partial charge in [0.15, 0.2) is 0 Å². The first-order valence-corrected chi connectivity index (χ1v) is 8.85. The summed E-state index contributed by atoms with van der Waals surface area (Å²) in [6.07, 6.45) is 3.96. The van der Waals surface area contributed by atoms with Gasteiger partial charge in [0.05, 0.1) is 12.6 Å². The molecule has 146 valence electrons. The van der Waals surface area contributed by atoms with Gasteiger partial charge in [0.25, 0.3) is 0 Å². The summed E-state index contributed by atoms with van der Waals surface area (Å²) in [5.74, 6) is 0.136. The fourth-order valence-corrected chi connectivity index (χ4v) is 3.26. The smallest absolute Gasteiger partial charge is 0.244 e. The summed E-state index contributed by atoms with van der Waals surface area (Å²) in [7, 11) is 3.60. The molecule has 1 fully saturated rings. The van der Waals surface area contributed by atoms with E-state index in [1.54, 1.807) is 17.9 Å². The summed E-state index contributed by atoms with van der Waals surface area (Å²) in [6.45, 7) is 2.25. The number of halogens is 1. The van der Waals surface area contributed by atoms with Gasteiger partial charge in [-0.2, -0.15) is 5.10 Å². The van der Waals surface area contributed by atoms with E-state index in [1.165, 1.54) is 0 Å². The van der Waals surface area contributed by atoms with E-state index in [2.05, 4.69) is 10.4 Å². The molecule has 0 bridgehead atoms. The molecule has 1 aliphatic heterocycles. The average Bonchev–Trinajstić information content (AvgIpc) is 3.09. The van der Waals surface area contributed by atoms with Crippen molar-refractivity contribution in [2.24, 2.45) is 7.05 Å². The fraction of sp³-hybridized carbons (Fsp3) is 0.421. The molecule has 2 aromatic rings. The number of amides is 2. The Morgan fingerprint density at radius 1 is 1.11 bits per heavy atom. The van der Waals surface area contributed by atoms with E-state index < -0.39 is 6.04 Å². The van der Waals surface area contributed by atoms with Gasteiger partial charge in [-0.25, -0.2) is 0 Å². The van der Waals surface area contributed by atoms with Gasteiger partial charge in [0, 0.05) is 45.0 Å². The van der Waals surface area contributed by atoms with Crippen molar-refractivity contribution in [3.8, 4) is 0 Å². The first-order chi connectivity index (χ1) is 12.6. The van der Waals surface area contributed by atoms with Crippen LogP contribution in [0.15, 0.2) is 42.7 Å². The summed E-state index contributed by atoms with van der Waals surface area (Å²) >= 11 is 0. The maximum absolute atomic E-state index is 12.8. The van der Waals surface area contributed by atoms with E-state index in [1.807, 2.05) is 53.4 Å². The third-order valence-electron chi connectivity index (χ3n) is 4.74. The van der Waals surface area contributed by atoms with E-state index in [9.17, 15) is 9.59 Å². The topological polar surface area (TPSA) is 70.5 Å². The largest absolute Gasteiger partial charge is 0.339 e. The Labute approximate surface area is 165 Å². The van der Waals surface area contributed by atoms with Crippen LogP contribution in [0, 0.1) is 0 Å². The Kier molecular flexibility index (Phi) is 7.38. The summed E-state index contributed by atoms with van der Waals surface area (Å²) in [5, 5.41) is 7.21. The molecule has 0 spiro atoms. The van der Waals surface area contributed by atoms with Crippen molar-refractivity contribution in [2.75, 3.05) is 33.2 Å². The molecule has 0 radical (unpaired) electrons. The molecule has 1 unspecified atom stereocenters. The minimum atomic E-state index is -0.407. The predicted molar refractivity (Wildman–Crippen MR) is 106 cm³/mol. The Morgan fingerprint density at radius 2 is 1.74 bits per heavy atom. The molecule has 27 heavy (non-hydrogen) atoms. The van der Waals surface area contributed by atoms with Gasteiger partial charge in [0.1, 0.15) is 6.04 Å². The Morgan fingerprint density at radius 3 is 2.30 bits per heavy atom. The highest BCUT2D eigenvalue weighted by atomic mass is 35.5. The van der Waals surface area contributed by atoms with E-state index in [-0.39, 0.29) is 24.2 Å². The number of carbonyl (C=O) groups is 2. The third-order valence-corrected chi connectivity index (χ3v) is 4.74. The number of hydrogen-bond acceptors (Lipinski definition) is 4. The van der Waals surface area contributed by atoms with Crippen LogP contribution in [0.4, 0.5) is 0 Å². The van der Waals surface area contributed by atoms with Gasteiger partial charge in [-0.3, -0.25) is 14.3 Å². The van der Waals surface area contributed by atoms with Crippen LogP contribution in [0.1, 0.15) is 17.2 Å². The molecule has 8 heteroatoms. The maximum Gasteiger partial charge on any atom is 0.244 e. The lowest BCUT2D eigenvalue weighted by Gasteiger charge is -2.36. The second-order valence-electron chi connectivity index (χ2n) is 6.54. The zero-order valence-electron chi connectivity index (χ0n) is 15.7. The van der Waals surface area contributed by atoms with Crippen molar-refractivity contribution in [1.29, 1.82) is 0 Å². The van der Waals surface area contributed by atoms with Gasteiger partial charge >= 0.3 is 0 Å². The minimum Gasteiger partial charge on any atom is -0.339 e. The number of likely N-dealkylation sites (N-methyl/N-ethyl adjacent to an activating group) is 1. The van der Waals surface area contributed by atoms with Crippen LogP contribution < -0.4 is 5.32 Å². The van der Waals surface area contributed by atoms with Crippen LogP contribution in [0.2, 0.25) is 0 Å². The van der Waals surface area contributed by atoms with Crippen LogP contribution in [-0.4, -0.2) is 64.6 Å². The van der Waals surface area contributed by atoms with E-state index in [0.29, 0.717) is 32.6 Å². The van der Waals surface area contributed by atoms with E-state index in [0.717, 1.165) is 11.1 Å². The second kappa shape index (κ2) is 9.53. The number of carbonyl (C=O) groups excluding carboxylic acids is 2. The highest BCUT2D eigenvalue weighted by molar-refractivity contribution is 5.85. The van der Waals surface area contributed by atoms with Crippen molar-refractivity contribution >= 4 is 24.2 Å². The van der Waals surface area contributed by atoms with Crippen LogP contribution >= 0.6 is 12.4 Å². The number of aryl methyl sites for hydroxylation is 1. The van der Waals surface area contributed by atoms with Gasteiger partial charge in [-0.1, -0.05) is 30.3 Å². The maximum atomic E-state index is 12.8. The van der Waals surface area contributed by atoms with Crippen molar-refractivity contribution in [3.63, 3.8) is 0 Å². The van der Waals surface area contributed by atoms with Gasteiger partial charge in [-0.15, -0.1) is 12.4 Å². The van der Waals surface area contributed by atoms with Crippen molar-refractivity contribution < 1.29 is 9.59 Å². The molecule has 1 atom stereocenters. The standard InChI is InChI=1S/C19H25N5O2.ClH/c1-20-18(16-13-21-22(2)14-16)19(26)24-10-8-23(9-11-24)17(25)12-15-6-4-3-5-7-15;/h3-7,13-14,18,20H,8-12H2,1-2H3;1H. The van der Waals surface area contributed by atoms with E-state index in [4.69, 9.17) is 0 Å². The molecule has 3 rings (SSSR count). The first kappa shape index (κ1) is 20.9. The molecule has 0 aliphatic carbocycles. The Bertz CT molecular complexity index is 756. The highest BCUT2D eigenvalue weighted by Gasteiger charge is 2.29. The minimum absolute atomic E-state index is 0. The molecular weight excluding hydrogens is 366 g/mol. The van der Waals surface area contributed by atoms with Crippen LogP contribution in [0.3, 0.4) is 0 Å². The summed E-state index contributed by atoms with van der Waals surface area (Å²) in [4.78, 5) is 28.9. The van der Waals surface area contributed by atoms with Gasteiger partial charge in [-0.05, 0) is 12.6 Å². The monoisotopic (exact) mass is 391 g/mol. The highest BCUT2D eigenvalue weighted by Crippen LogP contribution is 2.16. The lowest BCUT2D eigenvalue weighted by atomic mass is 10.1. The Hall–Kier alpha value is -2.38. The van der Waals surface area contributed by atoms with Crippen molar-refractivity contribution in [1.82, 2.24) is 24.9 Å². The van der Waals surface area contributed by atoms with E-state index >= 15 is 0 Å². The lowest BCUT2D eigenvalue weighted by molar-refractivity contribution is -0.140. The SMILES string of the molecule is CNC(C(=O)N1CCN(C(=O)Cc2ccccc2)CC1)c1cnn(C)c1.Cl. The van der Waals surface area contributed by atoms with Crippen molar-refractivity contribution in [2.45, 2.75) is 12.5 Å². The molecular formula is C19H26ClN5O2. The Balaban J connectivity index is 0.00000261. The summed E-state index contributed by atoms with van der Waals surface area (Å²) < 4.78 is 1.69. The van der Waals surface area contributed by atoms with Crippen molar-refractivity contribution in [3.05, 3.63) is 53.9 Å². The molecule has 2 amide bonds. The number of rotatable bonds is 5. The number of nitrogens with zero attached hydrogens (tertiary/aromatic N) is 4. The average molecular weight is 392 g/mol. The zero-order chi connectivity index (χ0) is 18.5. The number of aromatic nitrogens is 2. The lowest BCUT2D eigenvalue weighted by Crippen LogP contribution is -2.53. The normalized spacial score (nSPS) is 15.2. The molecule has 2 heterocycles. The first-order valence-electron chi connectivity index (χ1n) is 8.85. The van der Waals surface area contributed by atoms with Gasteiger partial charge < -0.3 is 15.1 Å². The number of benzene rings is 1. The second-order valence-corrected chi connectivity index (χ2v) is 6.54. The van der Waals surface area contributed by atoms with Gasteiger partial charge in [0.2, 0.25) is 11.8 Å². The molecule has 1 aliphatic rings.